The summed E-state index contributed by atoms with van der Waals surface area (Å²) in [4.78, 5) is 31.0. The molecule has 2 aromatic carbocycles. The topological polar surface area (TPSA) is 80.4 Å². The predicted octanol–water partition coefficient (Wildman–Crippen LogP) is 3.66. The van der Waals surface area contributed by atoms with Gasteiger partial charge in [-0.1, -0.05) is 12.1 Å². The molecule has 4 aromatic rings. The molecule has 1 aliphatic rings. The number of amides is 1. The first-order chi connectivity index (χ1) is 15.0. The number of furan rings is 1. The molecule has 9 heteroatoms. The lowest BCUT2D eigenvalue weighted by Crippen LogP contribution is -2.28. The average molecular weight is 424 g/mol. The minimum absolute atomic E-state index is 0.0197. The van der Waals surface area contributed by atoms with Gasteiger partial charge < -0.3 is 14.6 Å². The standard InChI is InChI=1S/C22H18F2N4O3/c23-15-9-13(10-16(24)20(15)27-7-3-4-8-27)26-18(29)11-28-12-25-19-14-5-1-2-6-17(14)31-21(19)22(28)30/h1-2,5-6,9-10,12H,3-4,7-8,11H2,(H,26,29). The van der Waals surface area contributed by atoms with E-state index < -0.39 is 23.1 Å². The Labute approximate surface area is 174 Å². The number of hydrogen-bond acceptors (Lipinski definition) is 5. The SMILES string of the molecule is O=C(Cn1cnc2c(oc3ccccc32)c1=O)Nc1cc(F)c(N2CCCC2)c(F)c1. The Morgan fingerprint density at radius 1 is 1.13 bits per heavy atom. The van der Waals surface area contributed by atoms with Crippen molar-refractivity contribution in [3.05, 3.63) is 64.7 Å². The van der Waals surface area contributed by atoms with E-state index in [9.17, 15) is 18.4 Å². The smallest absolute Gasteiger partial charge is 0.297 e. The van der Waals surface area contributed by atoms with Crippen LogP contribution in [0.2, 0.25) is 0 Å². The maximum atomic E-state index is 14.5. The van der Waals surface area contributed by atoms with Crippen LogP contribution in [0.4, 0.5) is 20.2 Å². The molecule has 1 N–H and O–H groups in total. The lowest BCUT2D eigenvalue weighted by molar-refractivity contribution is -0.116. The molecule has 1 saturated heterocycles. The summed E-state index contributed by atoms with van der Waals surface area (Å²) < 4.78 is 35.6. The van der Waals surface area contributed by atoms with Crippen molar-refractivity contribution in [1.82, 2.24) is 9.55 Å². The Kier molecular flexibility index (Phi) is 4.65. The predicted molar refractivity (Wildman–Crippen MR) is 112 cm³/mol. The molecule has 3 heterocycles. The maximum absolute atomic E-state index is 14.5. The van der Waals surface area contributed by atoms with E-state index in [2.05, 4.69) is 10.3 Å². The van der Waals surface area contributed by atoms with Gasteiger partial charge in [0.05, 0.1) is 6.33 Å². The van der Waals surface area contributed by atoms with Crippen molar-refractivity contribution in [3.63, 3.8) is 0 Å². The molecule has 2 aromatic heterocycles. The third-order valence-electron chi connectivity index (χ3n) is 5.39. The van der Waals surface area contributed by atoms with Gasteiger partial charge in [0.2, 0.25) is 11.5 Å². The number of benzene rings is 2. The molecule has 0 atom stereocenters. The van der Waals surface area contributed by atoms with Gasteiger partial charge in [-0.15, -0.1) is 0 Å². The summed E-state index contributed by atoms with van der Waals surface area (Å²) in [5.41, 5.74) is 0.369. The number of carbonyl (C=O) groups is 1. The fraction of sp³-hybridized carbons (Fsp3) is 0.227. The van der Waals surface area contributed by atoms with E-state index in [0.29, 0.717) is 29.6 Å². The zero-order chi connectivity index (χ0) is 21.5. The molecule has 0 unspecified atom stereocenters. The molecule has 1 aliphatic heterocycles. The van der Waals surface area contributed by atoms with Gasteiger partial charge in [0.1, 0.15) is 23.3 Å². The van der Waals surface area contributed by atoms with Crippen molar-refractivity contribution < 1.29 is 18.0 Å². The van der Waals surface area contributed by atoms with Crippen molar-refractivity contribution in [2.24, 2.45) is 0 Å². The van der Waals surface area contributed by atoms with Crippen molar-refractivity contribution >= 4 is 39.4 Å². The Balaban J connectivity index is 1.38. The Hall–Kier alpha value is -3.75. The summed E-state index contributed by atoms with van der Waals surface area (Å²) in [5, 5.41) is 3.14. The highest BCUT2D eigenvalue weighted by atomic mass is 19.1. The van der Waals surface area contributed by atoms with Crippen molar-refractivity contribution in [3.8, 4) is 0 Å². The van der Waals surface area contributed by atoms with Crippen LogP contribution in [-0.2, 0) is 11.3 Å². The molecule has 1 amide bonds. The van der Waals surface area contributed by atoms with E-state index in [1.807, 2.05) is 6.07 Å². The van der Waals surface area contributed by atoms with Gasteiger partial charge in [0.15, 0.2) is 11.6 Å². The quantitative estimate of drug-likeness (QED) is 0.541. The van der Waals surface area contributed by atoms with Crippen LogP contribution in [0.25, 0.3) is 22.1 Å². The van der Waals surface area contributed by atoms with Crippen LogP contribution >= 0.6 is 0 Å². The summed E-state index contributed by atoms with van der Waals surface area (Å²) >= 11 is 0. The third kappa shape index (κ3) is 3.41. The number of carbonyl (C=O) groups excluding carboxylic acids is 1. The lowest BCUT2D eigenvalue weighted by Gasteiger charge is -2.19. The summed E-state index contributed by atoms with van der Waals surface area (Å²) in [5.74, 6) is -2.09. The van der Waals surface area contributed by atoms with Crippen LogP contribution in [0.5, 0.6) is 0 Å². The molecule has 0 saturated carbocycles. The fourth-order valence-electron chi connectivity index (χ4n) is 3.96. The molecule has 0 bridgehead atoms. The number of rotatable bonds is 4. The highest BCUT2D eigenvalue weighted by Gasteiger charge is 2.22. The van der Waals surface area contributed by atoms with Gasteiger partial charge in [-0.05, 0) is 37.1 Å². The molecule has 0 spiro atoms. The lowest BCUT2D eigenvalue weighted by atomic mass is 10.2. The Bertz CT molecular complexity index is 1350. The molecular formula is C22H18F2N4O3. The van der Waals surface area contributed by atoms with E-state index in [1.165, 1.54) is 6.33 Å². The van der Waals surface area contributed by atoms with Crippen LogP contribution < -0.4 is 15.8 Å². The number of nitrogens with one attached hydrogen (secondary N) is 1. The van der Waals surface area contributed by atoms with Crippen molar-refractivity contribution in [1.29, 1.82) is 0 Å². The molecule has 1 fully saturated rings. The normalized spacial score (nSPS) is 13.9. The average Bonchev–Trinajstić information content (AvgIpc) is 3.38. The molecular weight excluding hydrogens is 406 g/mol. The van der Waals surface area contributed by atoms with Crippen LogP contribution in [0.15, 0.2) is 51.9 Å². The molecule has 158 valence electrons. The number of para-hydroxylation sites is 1. The molecule has 0 radical (unpaired) electrons. The van der Waals surface area contributed by atoms with Crippen molar-refractivity contribution in [2.45, 2.75) is 19.4 Å². The summed E-state index contributed by atoms with van der Waals surface area (Å²) in [6, 6.07) is 9.27. The molecule has 7 nitrogen and oxygen atoms in total. The molecule has 0 aliphatic carbocycles. The monoisotopic (exact) mass is 424 g/mol. The Morgan fingerprint density at radius 3 is 2.58 bits per heavy atom. The summed E-state index contributed by atoms with van der Waals surface area (Å²) in [7, 11) is 0. The third-order valence-corrected chi connectivity index (χ3v) is 5.39. The summed E-state index contributed by atoms with van der Waals surface area (Å²) in [6.07, 6.45) is 3.02. The van der Waals surface area contributed by atoms with Gasteiger partial charge >= 0.3 is 0 Å². The van der Waals surface area contributed by atoms with E-state index >= 15 is 0 Å². The number of fused-ring (bicyclic) bond motifs is 3. The van der Waals surface area contributed by atoms with E-state index in [4.69, 9.17) is 4.42 Å². The second-order valence-corrected chi connectivity index (χ2v) is 7.48. The first-order valence-electron chi connectivity index (χ1n) is 9.92. The molecule has 5 rings (SSSR count). The highest BCUT2D eigenvalue weighted by Crippen LogP contribution is 2.29. The van der Waals surface area contributed by atoms with Crippen LogP contribution in [0.3, 0.4) is 0 Å². The minimum atomic E-state index is -0.736. The van der Waals surface area contributed by atoms with Gasteiger partial charge in [0.25, 0.3) is 5.56 Å². The second-order valence-electron chi connectivity index (χ2n) is 7.48. The van der Waals surface area contributed by atoms with Crippen LogP contribution in [0, 0.1) is 11.6 Å². The first kappa shape index (κ1) is 19.2. The second kappa shape index (κ2) is 7.50. The van der Waals surface area contributed by atoms with E-state index in [-0.39, 0.29) is 23.5 Å². The number of aromatic nitrogens is 2. The zero-order valence-corrected chi connectivity index (χ0v) is 16.4. The highest BCUT2D eigenvalue weighted by molar-refractivity contribution is 6.01. The number of halogens is 2. The van der Waals surface area contributed by atoms with Gasteiger partial charge in [-0.3, -0.25) is 14.2 Å². The fourth-order valence-corrected chi connectivity index (χ4v) is 3.96. The first-order valence-corrected chi connectivity index (χ1v) is 9.92. The van der Waals surface area contributed by atoms with Crippen LogP contribution in [0.1, 0.15) is 12.8 Å². The van der Waals surface area contributed by atoms with Crippen molar-refractivity contribution in [2.75, 3.05) is 23.3 Å². The zero-order valence-electron chi connectivity index (χ0n) is 16.4. The van der Waals surface area contributed by atoms with Gasteiger partial charge in [-0.25, -0.2) is 13.8 Å². The van der Waals surface area contributed by atoms with E-state index in [0.717, 1.165) is 29.5 Å². The largest absolute Gasteiger partial charge is 0.448 e. The molecule has 31 heavy (non-hydrogen) atoms. The minimum Gasteiger partial charge on any atom is -0.448 e. The van der Waals surface area contributed by atoms with Gasteiger partial charge in [-0.2, -0.15) is 0 Å². The number of anilines is 2. The number of hydrogen-bond donors (Lipinski definition) is 1. The maximum Gasteiger partial charge on any atom is 0.297 e. The van der Waals surface area contributed by atoms with Gasteiger partial charge in [0, 0.05) is 24.2 Å². The van der Waals surface area contributed by atoms with Crippen LogP contribution in [-0.4, -0.2) is 28.5 Å². The summed E-state index contributed by atoms with van der Waals surface area (Å²) in [6.45, 7) is 0.815. The Morgan fingerprint density at radius 2 is 1.84 bits per heavy atom. The van der Waals surface area contributed by atoms with E-state index in [1.54, 1.807) is 23.1 Å². The number of nitrogens with zero attached hydrogens (tertiary/aromatic N) is 3.